The van der Waals surface area contributed by atoms with Crippen LogP contribution in [0, 0.1) is 5.82 Å². The third kappa shape index (κ3) is 2.49. The molecule has 19 heavy (non-hydrogen) atoms. The van der Waals surface area contributed by atoms with Crippen LogP contribution in [0.5, 0.6) is 0 Å². The van der Waals surface area contributed by atoms with E-state index in [1.54, 1.807) is 11.0 Å². The van der Waals surface area contributed by atoms with E-state index in [-0.39, 0.29) is 5.82 Å². The van der Waals surface area contributed by atoms with Crippen molar-refractivity contribution in [3.05, 3.63) is 24.0 Å². The van der Waals surface area contributed by atoms with Gasteiger partial charge in [-0.2, -0.15) is 0 Å². The van der Waals surface area contributed by atoms with Gasteiger partial charge in [-0.3, -0.25) is 0 Å². The van der Waals surface area contributed by atoms with Crippen molar-refractivity contribution in [3.8, 4) is 0 Å². The zero-order valence-electron chi connectivity index (χ0n) is 12.5. The lowest BCUT2D eigenvalue weighted by atomic mass is 9.79. The Kier molecular flexibility index (Phi) is 3.39. The van der Waals surface area contributed by atoms with E-state index in [0.29, 0.717) is 11.2 Å². The first-order valence-electron chi connectivity index (χ1n) is 6.46. The van der Waals surface area contributed by atoms with E-state index in [1.165, 1.54) is 6.07 Å². The lowest BCUT2D eigenvalue weighted by molar-refractivity contribution is 0.00578. The minimum absolute atomic E-state index is 0.266. The molecule has 1 aliphatic rings. The number of anilines is 1. The highest BCUT2D eigenvalue weighted by molar-refractivity contribution is 6.62. The van der Waals surface area contributed by atoms with Gasteiger partial charge in [0.05, 0.1) is 16.9 Å². The zero-order chi connectivity index (χ0) is 14.4. The number of nitrogens with zero attached hydrogens (tertiary/aromatic N) is 1. The van der Waals surface area contributed by atoms with Crippen molar-refractivity contribution in [2.45, 2.75) is 38.9 Å². The molecule has 0 saturated carbocycles. The van der Waals surface area contributed by atoms with Gasteiger partial charge in [0.25, 0.3) is 0 Å². The zero-order valence-corrected chi connectivity index (χ0v) is 12.5. The molecule has 0 radical (unpaired) electrons. The van der Waals surface area contributed by atoms with Crippen molar-refractivity contribution in [2.75, 3.05) is 19.0 Å². The number of halogens is 1. The van der Waals surface area contributed by atoms with Gasteiger partial charge in [0, 0.05) is 14.1 Å². The Hall–Kier alpha value is -1.07. The summed E-state index contributed by atoms with van der Waals surface area (Å²) in [4.78, 5) is 1.74. The largest absolute Gasteiger partial charge is 0.494 e. The van der Waals surface area contributed by atoms with Gasteiger partial charge in [-0.1, -0.05) is 6.07 Å². The van der Waals surface area contributed by atoms with Crippen molar-refractivity contribution in [2.24, 2.45) is 0 Å². The van der Waals surface area contributed by atoms with Gasteiger partial charge in [0.1, 0.15) is 5.82 Å². The predicted octanol–water partition coefficient (Wildman–Crippen LogP) is 2.19. The van der Waals surface area contributed by atoms with Crippen LogP contribution in [0.1, 0.15) is 27.7 Å². The molecule has 0 atom stereocenters. The van der Waals surface area contributed by atoms with Crippen LogP contribution in [0.3, 0.4) is 0 Å². The Morgan fingerprint density at radius 1 is 1.05 bits per heavy atom. The van der Waals surface area contributed by atoms with Gasteiger partial charge in [-0.05, 0) is 45.3 Å². The summed E-state index contributed by atoms with van der Waals surface area (Å²) >= 11 is 0. The number of hydrogen-bond acceptors (Lipinski definition) is 3. The number of hydrogen-bond donors (Lipinski definition) is 0. The first-order valence-corrected chi connectivity index (χ1v) is 6.46. The van der Waals surface area contributed by atoms with E-state index in [1.807, 2.05) is 47.9 Å². The molecule has 2 rings (SSSR count). The molecule has 1 aromatic carbocycles. The van der Waals surface area contributed by atoms with Crippen LogP contribution in [0.4, 0.5) is 10.1 Å². The maximum atomic E-state index is 14.0. The summed E-state index contributed by atoms with van der Waals surface area (Å²) in [6, 6.07) is 5.08. The topological polar surface area (TPSA) is 21.7 Å². The SMILES string of the molecule is CN(C)c1ccc(B2OC(C)(C)C(C)(C)O2)cc1F. The second-order valence-electron chi connectivity index (χ2n) is 6.19. The van der Waals surface area contributed by atoms with E-state index >= 15 is 0 Å². The highest BCUT2D eigenvalue weighted by Crippen LogP contribution is 2.36. The van der Waals surface area contributed by atoms with E-state index in [2.05, 4.69) is 0 Å². The summed E-state index contributed by atoms with van der Waals surface area (Å²) in [5.74, 6) is -0.266. The summed E-state index contributed by atoms with van der Waals surface area (Å²) in [7, 11) is 3.11. The number of benzene rings is 1. The van der Waals surface area contributed by atoms with Crippen LogP contribution >= 0.6 is 0 Å². The molecule has 0 aliphatic carbocycles. The van der Waals surface area contributed by atoms with Crippen molar-refractivity contribution in [3.63, 3.8) is 0 Å². The summed E-state index contributed by atoms with van der Waals surface area (Å²) in [6.07, 6.45) is 0. The smallest absolute Gasteiger partial charge is 0.399 e. The van der Waals surface area contributed by atoms with Gasteiger partial charge in [-0.25, -0.2) is 4.39 Å². The summed E-state index contributed by atoms with van der Waals surface area (Å²) in [5.41, 5.74) is 0.449. The Labute approximate surface area is 114 Å². The second kappa shape index (κ2) is 4.49. The first kappa shape index (κ1) is 14.3. The van der Waals surface area contributed by atoms with Gasteiger partial charge >= 0.3 is 7.12 Å². The molecule has 0 amide bonds. The van der Waals surface area contributed by atoms with Gasteiger partial charge in [0.2, 0.25) is 0 Å². The normalized spacial score (nSPS) is 20.7. The van der Waals surface area contributed by atoms with Crippen LogP contribution in [-0.4, -0.2) is 32.4 Å². The van der Waals surface area contributed by atoms with Crippen molar-refractivity contribution >= 4 is 18.3 Å². The molecule has 0 spiro atoms. The fourth-order valence-electron chi connectivity index (χ4n) is 2.01. The van der Waals surface area contributed by atoms with Crippen LogP contribution in [0.25, 0.3) is 0 Å². The Balaban J connectivity index is 2.28. The summed E-state index contributed by atoms with van der Waals surface area (Å²) in [6.45, 7) is 7.93. The van der Waals surface area contributed by atoms with Crippen molar-refractivity contribution in [1.29, 1.82) is 0 Å². The Morgan fingerprint density at radius 3 is 2.00 bits per heavy atom. The number of rotatable bonds is 2. The van der Waals surface area contributed by atoms with Crippen LogP contribution in [0.15, 0.2) is 18.2 Å². The molecule has 3 nitrogen and oxygen atoms in total. The van der Waals surface area contributed by atoms with E-state index < -0.39 is 18.3 Å². The molecule has 1 heterocycles. The molecule has 0 N–H and O–H groups in total. The standard InChI is InChI=1S/C14H21BFNO2/c1-13(2)14(3,4)19-15(18-13)10-7-8-12(17(5)6)11(16)9-10/h7-9H,1-6H3. The van der Waals surface area contributed by atoms with Gasteiger partial charge in [-0.15, -0.1) is 0 Å². The van der Waals surface area contributed by atoms with Gasteiger partial charge in [0.15, 0.2) is 0 Å². The van der Waals surface area contributed by atoms with Gasteiger partial charge < -0.3 is 14.2 Å². The maximum Gasteiger partial charge on any atom is 0.494 e. The average molecular weight is 265 g/mol. The monoisotopic (exact) mass is 265 g/mol. The lowest BCUT2D eigenvalue weighted by Gasteiger charge is -2.32. The van der Waals surface area contributed by atoms with E-state index in [0.717, 1.165) is 0 Å². The highest BCUT2D eigenvalue weighted by Gasteiger charge is 2.51. The predicted molar refractivity (Wildman–Crippen MR) is 76.4 cm³/mol. The molecule has 0 aromatic heterocycles. The summed E-state index contributed by atoms with van der Waals surface area (Å²) < 4.78 is 25.8. The molecule has 0 bridgehead atoms. The molecular weight excluding hydrogens is 244 g/mol. The fraction of sp³-hybridized carbons (Fsp3) is 0.571. The van der Waals surface area contributed by atoms with Crippen molar-refractivity contribution < 1.29 is 13.7 Å². The van der Waals surface area contributed by atoms with E-state index in [4.69, 9.17) is 9.31 Å². The van der Waals surface area contributed by atoms with E-state index in [9.17, 15) is 4.39 Å². The Morgan fingerprint density at radius 2 is 1.58 bits per heavy atom. The molecule has 1 fully saturated rings. The Bertz CT molecular complexity index is 472. The minimum Gasteiger partial charge on any atom is -0.399 e. The van der Waals surface area contributed by atoms with Crippen LogP contribution in [0.2, 0.25) is 0 Å². The maximum absolute atomic E-state index is 14.0. The fourth-order valence-corrected chi connectivity index (χ4v) is 2.01. The molecule has 0 unspecified atom stereocenters. The van der Waals surface area contributed by atoms with Crippen LogP contribution < -0.4 is 10.4 Å². The molecule has 5 heteroatoms. The molecule has 104 valence electrons. The molecule has 1 saturated heterocycles. The quantitative estimate of drug-likeness (QED) is 0.765. The third-order valence-electron chi connectivity index (χ3n) is 3.98. The highest BCUT2D eigenvalue weighted by atomic mass is 19.1. The van der Waals surface area contributed by atoms with Crippen molar-refractivity contribution in [1.82, 2.24) is 0 Å². The minimum atomic E-state index is -0.518. The second-order valence-corrected chi connectivity index (χ2v) is 6.19. The molecule has 1 aromatic rings. The average Bonchev–Trinajstić information content (AvgIpc) is 2.47. The van der Waals surface area contributed by atoms with Crippen LogP contribution in [-0.2, 0) is 9.31 Å². The lowest BCUT2D eigenvalue weighted by Crippen LogP contribution is -2.41. The first-order chi connectivity index (χ1) is 8.64. The molecular formula is C14H21BFNO2. The molecule has 1 aliphatic heterocycles. The summed E-state index contributed by atoms with van der Waals surface area (Å²) in [5, 5.41) is 0. The third-order valence-corrected chi connectivity index (χ3v) is 3.98.